The second kappa shape index (κ2) is 3.56. The number of nitrogens with one attached hydrogen (secondary N) is 1. The summed E-state index contributed by atoms with van der Waals surface area (Å²) in [6.07, 6.45) is 3.08. The zero-order chi connectivity index (χ0) is 10.8. The lowest BCUT2D eigenvalue weighted by atomic mass is 10.2. The highest BCUT2D eigenvalue weighted by Crippen LogP contribution is 2.27. The molecule has 0 spiro atoms. The maximum absolute atomic E-state index is 11.3. The first-order valence-electron chi connectivity index (χ1n) is 4.37. The van der Waals surface area contributed by atoms with E-state index in [0.717, 1.165) is 0 Å². The van der Waals surface area contributed by atoms with Gasteiger partial charge in [-0.15, -0.1) is 0 Å². The van der Waals surface area contributed by atoms with Crippen LogP contribution in [0.15, 0.2) is 18.5 Å². The Labute approximate surface area is 85.5 Å². The van der Waals surface area contributed by atoms with E-state index in [-0.39, 0.29) is 19.0 Å². The highest BCUT2D eigenvalue weighted by Gasteiger charge is 2.23. The number of anilines is 2. The number of pyridine rings is 1. The number of hydrogen-bond donors (Lipinski definition) is 2. The molecule has 2 rings (SSSR count). The lowest BCUT2D eigenvalue weighted by Crippen LogP contribution is -2.41. The van der Waals surface area contributed by atoms with Crippen molar-refractivity contribution < 1.29 is 14.7 Å². The molecule has 0 radical (unpaired) electrons. The number of aromatic nitrogens is 1. The van der Waals surface area contributed by atoms with Crippen molar-refractivity contribution in [2.75, 3.05) is 23.3 Å². The molecule has 15 heavy (non-hydrogen) atoms. The van der Waals surface area contributed by atoms with Crippen LogP contribution in [0.1, 0.15) is 0 Å². The Morgan fingerprint density at radius 1 is 1.67 bits per heavy atom. The predicted octanol–water partition coefficient (Wildman–Crippen LogP) is -0.0753. The molecule has 0 fully saturated rings. The number of hydrogen-bond acceptors (Lipinski definition) is 4. The molecular formula is C9H9N3O3. The van der Waals surface area contributed by atoms with Gasteiger partial charge >= 0.3 is 5.97 Å². The van der Waals surface area contributed by atoms with E-state index in [4.69, 9.17) is 5.11 Å². The molecule has 0 atom stereocenters. The first kappa shape index (κ1) is 9.45. The van der Waals surface area contributed by atoms with Gasteiger partial charge in [0, 0.05) is 6.20 Å². The Morgan fingerprint density at radius 2 is 2.47 bits per heavy atom. The predicted molar refractivity (Wildman–Crippen MR) is 52.7 cm³/mol. The van der Waals surface area contributed by atoms with Gasteiger partial charge in [-0.3, -0.25) is 14.6 Å². The van der Waals surface area contributed by atoms with Gasteiger partial charge in [-0.2, -0.15) is 0 Å². The van der Waals surface area contributed by atoms with E-state index in [0.29, 0.717) is 11.4 Å². The van der Waals surface area contributed by atoms with Crippen molar-refractivity contribution in [2.24, 2.45) is 0 Å². The zero-order valence-corrected chi connectivity index (χ0v) is 7.80. The number of nitrogens with zero attached hydrogens (tertiary/aromatic N) is 2. The first-order valence-corrected chi connectivity index (χ1v) is 4.37. The summed E-state index contributed by atoms with van der Waals surface area (Å²) in [5.41, 5.74) is 1.24. The van der Waals surface area contributed by atoms with Crippen LogP contribution < -0.4 is 10.2 Å². The van der Waals surface area contributed by atoms with Crippen LogP contribution in [0.5, 0.6) is 0 Å². The summed E-state index contributed by atoms with van der Waals surface area (Å²) < 4.78 is 0. The third-order valence-corrected chi connectivity index (χ3v) is 2.08. The van der Waals surface area contributed by atoms with Gasteiger partial charge in [0.05, 0.1) is 24.1 Å². The van der Waals surface area contributed by atoms with Crippen LogP contribution in [0.3, 0.4) is 0 Å². The molecule has 0 bridgehead atoms. The molecule has 0 aliphatic carbocycles. The van der Waals surface area contributed by atoms with Crippen LogP contribution in [-0.2, 0) is 9.59 Å². The molecule has 0 saturated heterocycles. The van der Waals surface area contributed by atoms with Crippen LogP contribution in [0.25, 0.3) is 0 Å². The standard InChI is InChI=1S/C9H9N3O3/c13-8-4-12(5-9(14)15)7-3-10-2-1-6(7)11-8/h1-3H,4-5H2,(H,11,13)(H,14,15). The molecule has 6 nitrogen and oxygen atoms in total. The number of carbonyl (C=O) groups is 2. The Hall–Kier alpha value is -2.11. The van der Waals surface area contributed by atoms with E-state index in [1.165, 1.54) is 11.1 Å². The van der Waals surface area contributed by atoms with E-state index < -0.39 is 5.97 Å². The zero-order valence-electron chi connectivity index (χ0n) is 7.80. The van der Waals surface area contributed by atoms with Gasteiger partial charge in [0.1, 0.15) is 6.54 Å². The normalized spacial score (nSPS) is 14.4. The Balaban J connectivity index is 2.33. The number of carboxylic acid groups (broad SMARTS) is 1. The highest BCUT2D eigenvalue weighted by molar-refractivity contribution is 6.01. The van der Waals surface area contributed by atoms with Crippen LogP contribution in [0.4, 0.5) is 11.4 Å². The lowest BCUT2D eigenvalue weighted by Gasteiger charge is -2.28. The maximum atomic E-state index is 11.3. The number of aliphatic carboxylic acids is 1. The first-order chi connectivity index (χ1) is 7.16. The summed E-state index contributed by atoms with van der Waals surface area (Å²) in [6, 6.07) is 1.64. The molecule has 78 valence electrons. The van der Waals surface area contributed by atoms with Crippen molar-refractivity contribution in [3.05, 3.63) is 18.5 Å². The second-order valence-corrected chi connectivity index (χ2v) is 3.19. The highest BCUT2D eigenvalue weighted by atomic mass is 16.4. The van der Waals surface area contributed by atoms with E-state index in [9.17, 15) is 9.59 Å². The van der Waals surface area contributed by atoms with Crippen LogP contribution >= 0.6 is 0 Å². The summed E-state index contributed by atoms with van der Waals surface area (Å²) in [5.74, 6) is -1.19. The van der Waals surface area contributed by atoms with Crippen molar-refractivity contribution in [3.8, 4) is 0 Å². The topological polar surface area (TPSA) is 82.5 Å². The fraction of sp³-hybridized carbons (Fsp3) is 0.222. The monoisotopic (exact) mass is 207 g/mol. The van der Waals surface area contributed by atoms with E-state index in [1.807, 2.05) is 0 Å². The molecule has 0 saturated carbocycles. The van der Waals surface area contributed by atoms with Crippen molar-refractivity contribution in [3.63, 3.8) is 0 Å². The summed E-state index contributed by atoms with van der Waals surface area (Å²) in [6.45, 7) is -0.156. The molecule has 1 aromatic rings. The Kier molecular flexibility index (Phi) is 2.24. The molecule has 2 N–H and O–H groups in total. The second-order valence-electron chi connectivity index (χ2n) is 3.19. The van der Waals surface area contributed by atoms with Crippen LogP contribution in [0.2, 0.25) is 0 Å². The third-order valence-electron chi connectivity index (χ3n) is 2.08. The summed E-state index contributed by atoms with van der Waals surface area (Å²) >= 11 is 0. The van der Waals surface area contributed by atoms with Gasteiger partial charge in [0.25, 0.3) is 0 Å². The van der Waals surface area contributed by atoms with Gasteiger partial charge in [-0.05, 0) is 6.07 Å². The smallest absolute Gasteiger partial charge is 0.323 e. The molecule has 6 heteroatoms. The summed E-state index contributed by atoms with van der Waals surface area (Å²) in [7, 11) is 0. The lowest BCUT2D eigenvalue weighted by molar-refractivity contribution is -0.135. The number of rotatable bonds is 2. The number of carboxylic acids is 1. The summed E-state index contributed by atoms with van der Waals surface area (Å²) in [5, 5.41) is 11.3. The average Bonchev–Trinajstić information content (AvgIpc) is 2.16. The number of carbonyl (C=O) groups excluding carboxylic acids is 1. The minimum atomic E-state index is -0.973. The van der Waals surface area contributed by atoms with E-state index >= 15 is 0 Å². The van der Waals surface area contributed by atoms with Gasteiger partial charge < -0.3 is 15.3 Å². The maximum Gasteiger partial charge on any atom is 0.323 e. The van der Waals surface area contributed by atoms with Crippen molar-refractivity contribution >= 4 is 23.3 Å². The van der Waals surface area contributed by atoms with Crippen LogP contribution in [-0.4, -0.2) is 35.1 Å². The molecule has 1 aliphatic rings. The molecule has 0 unspecified atom stereocenters. The molecule has 1 aromatic heterocycles. The Morgan fingerprint density at radius 3 is 3.20 bits per heavy atom. The molecule has 1 aliphatic heterocycles. The fourth-order valence-corrected chi connectivity index (χ4v) is 1.50. The molecule has 2 heterocycles. The SMILES string of the molecule is O=C(O)CN1CC(=O)Nc2ccncc21. The number of fused-ring (bicyclic) bond motifs is 1. The van der Waals surface area contributed by atoms with Gasteiger partial charge in [-0.25, -0.2) is 0 Å². The number of amides is 1. The van der Waals surface area contributed by atoms with E-state index in [1.54, 1.807) is 12.3 Å². The average molecular weight is 207 g/mol. The van der Waals surface area contributed by atoms with E-state index in [2.05, 4.69) is 10.3 Å². The van der Waals surface area contributed by atoms with Crippen molar-refractivity contribution in [1.82, 2.24) is 4.98 Å². The molecular weight excluding hydrogens is 198 g/mol. The summed E-state index contributed by atoms with van der Waals surface area (Å²) in [4.78, 5) is 27.2. The van der Waals surface area contributed by atoms with Crippen molar-refractivity contribution in [1.29, 1.82) is 0 Å². The largest absolute Gasteiger partial charge is 0.480 e. The minimum absolute atomic E-state index is 0.0466. The quantitative estimate of drug-likeness (QED) is 0.709. The van der Waals surface area contributed by atoms with Gasteiger partial charge in [0.2, 0.25) is 5.91 Å². The third kappa shape index (κ3) is 1.88. The minimum Gasteiger partial charge on any atom is -0.480 e. The molecule has 0 aromatic carbocycles. The van der Waals surface area contributed by atoms with Crippen molar-refractivity contribution in [2.45, 2.75) is 0 Å². The fourth-order valence-electron chi connectivity index (χ4n) is 1.50. The van der Waals surface area contributed by atoms with Gasteiger partial charge in [0.15, 0.2) is 0 Å². The Bertz CT molecular complexity index is 419. The van der Waals surface area contributed by atoms with Gasteiger partial charge in [-0.1, -0.05) is 0 Å². The van der Waals surface area contributed by atoms with Crippen LogP contribution in [0, 0.1) is 0 Å². The molecule has 1 amide bonds.